The molecule has 0 saturated carbocycles. The Morgan fingerprint density at radius 2 is 1.65 bits per heavy atom. The molecule has 1 heterocycles. The Labute approximate surface area is 276 Å². The molecule has 0 bridgehead atoms. The smallest absolute Gasteiger partial charge is 0.280 e. The summed E-state index contributed by atoms with van der Waals surface area (Å²) in [4.78, 5) is 26.1. The van der Waals surface area contributed by atoms with Crippen molar-refractivity contribution in [1.82, 2.24) is 20.2 Å². The van der Waals surface area contributed by atoms with Crippen LogP contribution in [0.2, 0.25) is 5.15 Å². The third-order valence-corrected chi connectivity index (χ3v) is 7.72. The largest absolute Gasteiger partial charge is 0.492 e. The number of benzene rings is 1. The van der Waals surface area contributed by atoms with Gasteiger partial charge in [-0.2, -0.15) is 0 Å². The van der Waals surface area contributed by atoms with Crippen molar-refractivity contribution in [2.45, 2.75) is 89.6 Å². The van der Waals surface area contributed by atoms with Gasteiger partial charge in [-0.3, -0.25) is 20.0 Å². The molecule has 2 aromatic rings. The van der Waals surface area contributed by atoms with Crippen molar-refractivity contribution in [2.24, 2.45) is 10.7 Å². The van der Waals surface area contributed by atoms with E-state index in [1.807, 2.05) is 29.2 Å². The lowest BCUT2D eigenvalue weighted by Gasteiger charge is -2.30. The number of nitrogens with two attached hydrogens (primary N) is 3. The van der Waals surface area contributed by atoms with Gasteiger partial charge in [0.25, 0.3) is 5.91 Å². The van der Waals surface area contributed by atoms with Crippen LogP contribution in [0.5, 0.6) is 5.75 Å². The van der Waals surface area contributed by atoms with Crippen molar-refractivity contribution >= 4 is 35.1 Å². The summed E-state index contributed by atoms with van der Waals surface area (Å²) in [7, 11) is 0. The Hall–Kier alpha value is -3.27. The molecular weight excluding hydrogens is 616 g/mol. The maximum absolute atomic E-state index is 12.3. The number of hydrogen-bond acceptors (Lipinski definition) is 12. The number of nitrogens with zero attached hydrogens (tertiary/aromatic N) is 4. The average Bonchev–Trinajstić information content (AvgIpc) is 3.03. The number of guanidine groups is 1. The van der Waals surface area contributed by atoms with E-state index < -0.39 is 30.3 Å². The Balaban J connectivity index is 1.76. The van der Waals surface area contributed by atoms with E-state index in [1.54, 1.807) is 6.92 Å². The predicted molar refractivity (Wildman–Crippen MR) is 180 cm³/mol. The number of rotatable bonds is 21. The molecule has 1 aromatic heterocycles. The van der Waals surface area contributed by atoms with E-state index in [0.29, 0.717) is 19.7 Å². The molecule has 0 aliphatic carbocycles. The van der Waals surface area contributed by atoms with Crippen molar-refractivity contribution in [2.75, 3.05) is 44.3 Å². The maximum Gasteiger partial charge on any atom is 0.280 e. The van der Waals surface area contributed by atoms with Gasteiger partial charge in [-0.1, -0.05) is 56.8 Å². The molecule has 14 nitrogen and oxygen atoms in total. The van der Waals surface area contributed by atoms with Gasteiger partial charge in [0, 0.05) is 19.6 Å². The van der Waals surface area contributed by atoms with Crippen LogP contribution in [-0.4, -0.2) is 104 Å². The van der Waals surface area contributed by atoms with Gasteiger partial charge in [0.15, 0.2) is 28.4 Å². The molecule has 0 fully saturated rings. The number of aliphatic hydroxyl groups is 4. The van der Waals surface area contributed by atoms with E-state index in [-0.39, 0.29) is 41.4 Å². The summed E-state index contributed by atoms with van der Waals surface area (Å²) in [6.45, 7) is 6.05. The zero-order valence-electron chi connectivity index (χ0n) is 26.8. The summed E-state index contributed by atoms with van der Waals surface area (Å²) in [6, 6.07) is 7.82. The quantitative estimate of drug-likeness (QED) is 0.0537. The van der Waals surface area contributed by atoms with Crippen molar-refractivity contribution in [3.05, 3.63) is 40.7 Å². The standard InChI is InChI=1S/C31H51ClN8O6/c1-3-5-6-9-16-40(19-23(42)26(44)25(43)22(41)4-2)17-18-46-21-13-11-20(12-14-21)10-7-8-15-36-31(35)39-30(45)24-28(33)38-29(34)27(32)37-24/h11-14,22-23,25-26,41-44H,3-10,15-19H2,1-2H3,(H4,33,34,38)(H3,35,36,39,45)/t22-,23+,25+,26-/m1/s1. The van der Waals surface area contributed by atoms with Crippen LogP contribution in [0.3, 0.4) is 0 Å². The summed E-state index contributed by atoms with van der Waals surface area (Å²) >= 11 is 5.81. The molecule has 0 aliphatic heterocycles. The van der Waals surface area contributed by atoms with E-state index in [0.717, 1.165) is 62.8 Å². The van der Waals surface area contributed by atoms with Gasteiger partial charge >= 0.3 is 0 Å². The third kappa shape index (κ3) is 13.6. The van der Waals surface area contributed by atoms with Crippen molar-refractivity contribution in [1.29, 1.82) is 0 Å². The first-order valence-electron chi connectivity index (χ1n) is 15.8. The zero-order valence-corrected chi connectivity index (χ0v) is 27.6. The van der Waals surface area contributed by atoms with Gasteiger partial charge in [-0.25, -0.2) is 9.97 Å². The number of hydrogen-bond donors (Lipinski definition) is 8. The van der Waals surface area contributed by atoms with Crippen molar-refractivity contribution in [3.63, 3.8) is 0 Å². The average molecular weight is 667 g/mol. The van der Waals surface area contributed by atoms with Gasteiger partial charge in [0.05, 0.1) is 12.2 Å². The molecule has 46 heavy (non-hydrogen) atoms. The van der Waals surface area contributed by atoms with Gasteiger partial charge in [0.1, 0.15) is 24.6 Å². The second-order valence-corrected chi connectivity index (χ2v) is 11.5. The molecule has 1 amide bonds. The molecule has 4 atom stereocenters. The van der Waals surface area contributed by atoms with Crippen LogP contribution in [0.15, 0.2) is 29.3 Å². The topological polar surface area (TPSA) is 239 Å². The summed E-state index contributed by atoms with van der Waals surface area (Å²) in [5, 5.41) is 43.1. The molecule has 15 heteroatoms. The van der Waals surface area contributed by atoms with Gasteiger partial charge in [-0.05, 0) is 56.3 Å². The second kappa shape index (κ2) is 20.8. The van der Waals surface area contributed by atoms with E-state index in [4.69, 9.17) is 33.5 Å². The number of aliphatic hydroxyl groups excluding tert-OH is 4. The molecule has 0 saturated heterocycles. The molecule has 0 radical (unpaired) electrons. The van der Waals surface area contributed by atoms with Crippen LogP contribution in [-0.2, 0) is 6.42 Å². The van der Waals surface area contributed by atoms with Gasteiger partial charge in [-0.15, -0.1) is 0 Å². The molecule has 258 valence electrons. The Bertz CT molecular complexity index is 1220. The van der Waals surface area contributed by atoms with Crippen LogP contribution in [0.1, 0.15) is 74.8 Å². The maximum atomic E-state index is 12.3. The minimum Gasteiger partial charge on any atom is -0.492 e. The predicted octanol–water partition coefficient (Wildman–Crippen LogP) is 1.48. The first kappa shape index (κ1) is 38.9. The monoisotopic (exact) mass is 666 g/mol. The lowest BCUT2D eigenvalue weighted by atomic mass is 10.0. The molecule has 0 aliphatic rings. The number of nitrogens with one attached hydrogen (secondary N) is 1. The lowest BCUT2D eigenvalue weighted by Crippen LogP contribution is -2.49. The molecule has 1 aromatic carbocycles. The number of ether oxygens (including phenoxy) is 1. The van der Waals surface area contributed by atoms with Gasteiger partial charge in [0.2, 0.25) is 0 Å². The number of aryl methyl sites for hydroxylation is 1. The highest BCUT2D eigenvalue weighted by molar-refractivity contribution is 6.31. The highest BCUT2D eigenvalue weighted by Gasteiger charge is 2.30. The van der Waals surface area contributed by atoms with Crippen LogP contribution < -0.4 is 27.3 Å². The van der Waals surface area contributed by atoms with Crippen LogP contribution in [0.25, 0.3) is 0 Å². The SMILES string of the molecule is CCCCCCN(CCOc1ccc(CCCCN=C(N)NC(=O)c2nc(Cl)c(N)nc2N)cc1)C[C@H](O)[C@@H](O)[C@@H](O)[C@H](O)CC. The Morgan fingerprint density at radius 1 is 0.957 bits per heavy atom. The Morgan fingerprint density at radius 3 is 2.33 bits per heavy atom. The summed E-state index contributed by atoms with van der Waals surface area (Å²) in [5.41, 5.74) is 18.0. The molecular formula is C31H51ClN8O6. The van der Waals surface area contributed by atoms with Crippen LogP contribution in [0.4, 0.5) is 11.6 Å². The zero-order chi connectivity index (χ0) is 34.1. The number of amides is 1. The summed E-state index contributed by atoms with van der Waals surface area (Å²) < 4.78 is 5.95. The van der Waals surface area contributed by atoms with E-state index in [1.165, 1.54) is 0 Å². The number of carbonyl (C=O) groups excluding carboxylic acids is 1. The van der Waals surface area contributed by atoms with E-state index in [9.17, 15) is 25.2 Å². The minimum absolute atomic E-state index is 0.0706. The molecule has 2 rings (SSSR count). The fraction of sp³-hybridized carbons (Fsp3) is 0.613. The second-order valence-electron chi connectivity index (χ2n) is 11.2. The Kier molecular flexibility index (Phi) is 17.6. The minimum atomic E-state index is -1.44. The first-order chi connectivity index (χ1) is 22.0. The van der Waals surface area contributed by atoms with Crippen molar-refractivity contribution in [3.8, 4) is 5.75 Å². The fourth-order valence-corrected chi connectivity index (χ4v) is 4.76. The van der Waals surface area contributed by atoms with Crippen LogP contribution >= 0.6 is 11.6 Å². The summed E-state index contributed by atoms with van der Waals surface area (Å²) in [6.07, 6.45) is 1.78. The lowest BCUT2D eigenvalue weighted by molar-refractivity contribution is -0.111. The normalized spacial score (nSPS) is 14.6. The van der Waals surface area contributed by atoms with Crippen LogP contribution in [0, 0.1) is 0 Å². The number of nitrogen functional groups attached to an aromatic ring is 2. The number of aliphatic imine (C=N–C) groups is 1. The number of aromatic nitrogens is 2. The van der Waals surface area contributed by atoms with E-state index >= 15 is 0 Å². The highest BCUT2D eigenvalue weighted by atomic mass is 35.5. The highest BCUT2D eigenvalue weighted by Crippen LogP contribution is 2.18. The first-order valence-corrected chi connectivity index (χ1v) is 16.2. The number of anilines is 2. The molecule has 11 N–H and O–H groups in total. The number of unbranched alkanes of at least 4 members (excludes halogenated alkanes) is 4. The third-order valence-electron chi connectivity index (χ3n) is 7.45. The number of halogens is 1. The van der Waals surface area contributed by atoms with E-state index in [2.05, 4.69) is 27.2 Å². The fourth-order valence-electron chi connectivity index (χ4n) is 4.63. The van der Waals surface area contributed by atoms with Gasteiger partial charge < -0.3 is 42.4 Å². The van der Waals surface area contributed by atoms with Crippen molar-refractivity contribution < 1.29 is 30.0 Å². The summed E-state index contributed by atoms with van der Waals surface area (Å²) in [5.74, 6) is -0.278. The number of carbonyl (C=O) groups is 1. The molecule has 0 spiro atoms. The molecule has 0 unspecified atom stereocenters.